The maximum atomic E-state index is 12.2. The number of nitrogens with zero attached hydrogens (tertiary/aromatic N) is 1. The molecule has 0 aliphatic rings. The zero-order valence-electron chi connectivity index (χ0n) is 13.1. The number of hydrogen-bond donors (Lipinski definition) is 2. The molecule has 0 aliphatic carbocycles. The van der Waals surface area contributed by atoms with E-state index in [2.05, 4.69) is 15.2 Å². The molecule has 1 heterocycles. The number of amides is 1. The van der Waals surface area contributed by atoms with E-state index in [1.165, 1.54) is 6.92 Å². The van der Waals surface area contributed by atoms with Crippen molar-refractivity contribution < 1.29 is 9.59 Å². The predicted molar refractivity (Wildman–Crippen MR) is 86.0 cm³/mol. The lowest BCUT2D eigenvalue weighted by Crippen LogP contribution is -2.34. The SMILES string of the molecule is CC(=O)c1c[nH]c(C(=O)NC[C@H](c2ccccc2)N(C)C)c1. The molecule has 2 rings (SSSR count). The van der Waals surface area contributed by atoms with Gasteiger partial charge in [0.2, 0.25) is 0 Å². The largest absolute Gasteiger partial charge is 0.356 e. The Morgan fingerprint density at radius 3 is 2.45 bits per heavy atom. The molecule has 2 N–H and O–H groups in total. The summed E-state index contributed by atoms with van der Waals surface area (Å²) in [5, 5.41) is 2.91. The Morgan fingerprint density at radius 1 is 1.23 bits per heavy atom. The first-order chi connectivity index (χ1) is 10.5. The molecule has 22 heavy (non-hydrogen) atoms. The first kappa shape index (κ1) is 16.0. The van der Waals surface area contributed by atoms with Gasteiger partial charge >= 0.3 is 0 Å². The molecule has 116 valence electrons. The molecule has 5 nitrogen and oxygen atoms in total. The van der Waals surface area contributed by atoms with Crippen LogP contribution in [0.25, 0.3) is 0 Å². The number of aromatic nitrogens is 1. The first-order valence-corrected chi connectivity index (χ1v) is 7.18. The van der Waals surface area contributed by atoms with Crippen LogP contribution in [0.15, 0.2) is 42.6 Å². The van der Waals surface area contributed by atoms with Crippen LogP contribution in [0, 0.1) is 0 Å². The smallest absolute Gasteiger partial charge is 0.267 e. The maximum Gasteiger partial charge on any atom is 0.267 e. The number of ketones is 1. The van der Waals surface area contributed by atoms with Crippen LogP contribution in [0.2, 0.25) is 0 Å². The van der Waals surface area contributed by atoms with Gasteiger partial charge in [0.15, 0.2) is 5.78 Å². The monoisotopic (exact) mass is 299 g/mol. The summed E-state index contributed by atoms with van der Waals surface area (Å²) in [6.45, 7) is 1.96. The molecule has 1 aromatic heterocycles. The van der Waals surface area contributed by atoms with Crippen molar-refractivity contribution in [1.29, 1.82) is 0 Å². The molecule has 5 heteroatoms. The second-order valence-electron chi connectivity index (χ2n) is 5.46. The van der Waals surface area contributed by atoms with Gasteiger partial charge in [-0.25, -0.2) is 0 Å². The van der Waals surface area contributed by atoms with Gasteiger partial charge in [-0.05, 0) is 32.6 Å². The zero-order chi connectivity index (χ0) is 16.1. The fourth-order valence-corrected chi connectivity index (χ4v) is 2.29. The Bertz CT molecular complexity index is 647. The third-order valence-corrected chi connectivity index (χ3v) is 3.60. The van der Waals surface area contributed by atoms with E-state index < -0.39 is 0 Å². The summed E-state index contributed by atoms with van der Waals surface area (Å²) >= 11 is 0. The molecule has 0 unspecified atom stereocenters. The van der Waals surface area contributed by atoms with Gasteiger partial charge in [-0.1, -0.05) is 30.3 Å². The molecule has 0 spiro atoms. The maximum absolute atomic E-state index is 12.2. The molecule has 1 atom stereocenters. The number of benzene rings is 1. The lowest BCUT2D eigenvalue weighted by Gasteiger charge is -2.25. The van der Waals surface area contributed by atoms with E-state index in [1.54, 1.807) is 12.3 Å². The van der Waals surface area contributed by atoms with Gasteiger partial charge < -0.3 is 15.2 Å². The van der Waals surface area contributed by atoms with Crippen LogP contribution in [0.4, 0.5) is 0 Å². The summed E-state index contributed by atoms with van der Waals surface area (Å²) in [5.74, 6) is -0.277. The zero-order valence-corrected chi connectivity index (χ0v) is 13.1. The fourth-order valence-electron chi connectivity index (χ4n) is 2.29. The van der Waals surface area contributed by atoms with Crippen LogP contribution in [-0.2, 0) is 0 Å². The van der Waals surface area contributed by atoms with Crippen molar-refractivity contribution in [3.05, 3.63) is 59.4 Å². The molecule has 2 aromatic rings. The molecule has 0 fully saturated rings. The minimum Gasteiger partial charge on any atom is -0.356 e. The summed E-state index contributed by atoms with van der Waals surface area (Å²) < 4.78 is 0. The minimum atomic E-state index is -0.213. The van der Waals surface area contributed by atoms with Crippen molar-refractivity contribution in [2.24, 2.45) is 0 Å². The molecular weight excluding hydrogens is 278 g/mol. The minimum absolute atomic E-state index is 0.0641. The van der Waals surface area contributed by atoms with Crippen molar-refractivity contribution >= 4 is 11.7 Å². The van der Waals surface area contributed by atoms with Crippen molar-refractivity contribution in [3.8, 4) is 0 Å². The Labute approximate surface area is 130 Å². The Kier molecular flexibility index (Phi) is 5.12. The molecule has 0 saturated carbocycles. The van der Waals surface area contributed by atoms with E-state index in [9.17, 15) is 9.59 Å². The molecule has 1 aromatic carbocycles. The summed E-state index contributed by atoms with van der Waals surface area (Å²) in [6, 6.07) is 11.7. The van der Waals surface area contributed by atoms with Gasteiger partial charge in [0, 0.05) is 18.3 Å². The van der Waals surface area contributed by atoms with Crippen LogP contribution < -0.4 is 5.32 Å². The predicted octanol–water partition coefficient (Wildman–Crippen LogP) is 2.25. The van der Waals surface area contributed by atoms with Crippen molar-refractivity contribution in [1.82, 2.24) is 15.2 Å². The molecule has 0 radical (unpaired) electrons. The number of rotatable bonds is 6. The van der Waals surface area contributed by atoms with Crippen molar-refractivity contribution in [2.45, 2.75) is 13.0 Å². The Hall–Kier alpha value is -2.40. The second kappa shape index (κ2) is 7.04. The molecule has 0 bridgehead atoms. The second-order valence-corrected chi connectivity index (χ2v) is 5.46. The van der Waals surface area contributed by atoms with Crippen molar-refractivity contribution in [2.75, 3.05) is 20.6 Å². The lowest BCUT2D eigenvalue weighted by molar-refractivity contribution is 0.0937. The summed E-state index contributed by atoms with van der Waals surface area (Å²) in [4.78, 5) is 28.3. The topological polar surface area (TPSA) is 65.2 Å². The summed E-state index contributed by atoms with van der Waals surface area (Å²) in [5.41, 5.74) is 2.05. The fraction of sp³-hybridized carbons (Fsp3) is 0.294. The van der Waals surface area contributed by atoms with Gasteiger partial charge in [-0.15, -0.1) is 0 Å². The number of Topliss-reactive ketones (excluding diaryl/α,β-unsaturated/α-hetero) is 1. The Balaban J connectivity index is 2.03. The highest BCUT2D eigenvalue weighted by atomic mass is 16.2. The summed E-state index contributed by atoms with van der Waals surface area (Å²) in [7, 11) is 3.96. The van der Waals surface area contributed by atoms with Gasteiger partial charge in [0.1, 0.15) is 5.69 Å². The van der Waals surface area contributed by atoms with Crippen LogP contribution >= 0.6 is 0 Å². The van der Waals surface area contributed by atoms with Gasteiger partial charge in [0.05, 0.1) is 6.04 Å². The standard InChI is InChI=1S/C17H21N3O2/c1-12(21)14-9-15(18-10-14)17(22)19-11-16(20(2)3)13-7-5-4-6-8-13/h4-10,16,18H,11H2,1-3H3,(H,19,22)/t16-/m1/s1. The van der Waals surface area contributed by atoms with Gasteiger partial charge in [0.25, 0.3) is 5.91 Å². The van der Waals surface area contributed by atoms with Gasteiger partial charge in [-0.3, -0.25) is 9.59 Å². The van der Waals surface area contributed by atoms with Gasteiger partial charge in [-0.2, -0.15) is 0 Å². The number of carbonyl (C=O) groups is 2. The quantitative estimate of drug-likeness (QED) is 0.804. The van der Waals surface area contributed by atoms with Crippen LogP contribution in [0.1, 0.15) is 39.4 Å². The lowest BCUT2D eigenvalue weighted by atomic mass is 10.1. The normalized spacial score (nSPS) is 12.2. The highest BCUT2D eigenvalue weighted by Gasteiger charge is 2.16. The Morgan fingerprint density at radius 2 is 1.91 bits per heavy atom. The van der Waals surface area contributed by atoms with E-state index in [0.717, 1.165) is 5.56 Å². The number of aromatic amines is 1. The molecule has 0 aliphatic heterocycles. The van der Waals surface area contributed by atoms with Crippen molar-refractivity contribution in [3.63, 3.8) is 0 Å². The average molecular weight is 299 g/mol. The molecular formula is C17H21N3O2. The average Bonchev–Trinajstić information content (AvgIpc) is 2.98. The highest BCUT2D eigenvalue weighted by molar-refractivity contribution is 5.99. The van der Waals surface area contributed by atoms with Crippen LogP contribution in [-0.4, -0.2) is 42.2 Å². The number of likely N-dealkylation sites (N-methyl/N-ethyl adjacent to an activating group) is 1. The van der Waals surface area contributed by atoms with Crippen LogP contribution in [0.3, 0.4) is 0 Å². The molecule has 0 saturated heterocycles. The highest BCUT2D eigenvalue weighted by Crippen LogP contribution is 2.16. The van der Waals surface area contributed by atoms with E-state index >= 15 is 0 Å². The number of nitrogens with one attached hydrogen (secondary N) is 2. The van der Waals surface area contributed by atoms with E-state index in [-0.39, 0.29) is 17.7 Å². The summed E-state index contributed by atoms with van der Waals surface area (Å²) in [6.07, 6.45) is 1.55. The molecule has 1 amide bonds. The number of H-pyrrole nitrogens is 1. The third kappa shape index (κ3) is 3.83. The van der Waals surface area contributed by atoms with Crippen LogP contribution in [0.5, 0.6) is 0 Å². The van der Waals surface area contributed by atoms with E-state index in [1.807, 2.05) is 44.4 Å². The number of hydrogen-bond acceptors (Lipinski definition) is 3. The number of carbonyl (C=O) groups excluding carboxylic acids is 2. The first-order valence-electron chi connectivity index (χ1n) is 7.18. The van der Waals surface area contributed by atoms with E-state index in [0.29, 0.717) is 17.8 Å². The van der Waals surface area contributed by atoms with E-state index in [4.69, 9.17) is 0 Å². The third-order valence-electron chi connectivity index (χ3n) is 3.60.